The van der Waals surface area contributed by atoms with Crippen molar-refractivity contribution in [1.82, 2.24) is 4.98 Å². The van der Waals surface area contributed by atoms with Crippen LogP contribution in [0.5, 0.6) is 11.5 Å². The molecule has 2 aromatic carbocycles. The van der Waals surface area contributed by atoms with Gasteiger partial charge in [0, 0.05) is 12.7 Å². The molecule has 0 aliphatic rings. The van der Waals surface area contributed by atoms with E-state index >= 15 is 0 Å². The van der Waals surface area contributed by atoms with Crippen LogP contribution in [0.1, 0.15) is 15.9 Å². The molecule has 30 heavy (non-hydrogen) atoms. The number of nitrogens with two attached hydrogens (primary N) is 1. The zero-order valence-corrected chi connectivity index (χ0v) is 16.6. The highest BCUT2D eigenvalue weighted by atomic mass is 16.5. The molecule has 156 valence electrons. The molecule has 0 aliphatic heterocycles. The van der Waals surface area contributed by atoms with Crippen LogP contribution in [0, 0.1) is 0 Å². The summed E-state index contributed by atoms with van der Waals surface area (Å²) >= 11 is 0. The first-order chi connectivity index (χ1) is 14.8. The maximum atomic E-state index is 12.9. The molecule has 3 N–H and O–H groups in total. The molecular weight excluding hydrogens is 382 g/mol. The van der Waals surface area contributed by atoms with Gasteiger partial charge < -0.3 is 25.3 Å². The zero-order chi connectivity index (χ0) is 21.0. The summed E-state index contributed by atoms with van der Waals surface area (Å²) < 4.78 is 16.9. The Kier molecular flexibility index (Phi) is 8.20. The normalized spacial score (nSPS) is 10.4. The quantitative estimate of drug-likeness (QED) is 0.474. The molecule has 0 radical (unpaired) electrons. The van der Waals surface area contributed by atoms with Crippen LogP contribution in [0.3, 0.4) is 0 Å². The molecule has 7 nitrogen and oxygen atoms in total. The summed E-state index contributed by atoms with van der Waals surface area (Å²) in [7, 11) is 0. The molecule has 1 heterocycles. The minimum Gasteiger partial charge on any atom is -0.491 e. The Bertz CT molecular complexity index is 920. The molecule has 7 heteroatoms. The second kappa shape index (κ2) is 11.5. The van der Waals surface area contributed by atoms with Gasteiger partial charge in [-0.1, -0.05) is 30.3 Å². The number of nitrogens with zero attached hydrogens (tertiary/aromatic N) is 1. The van der Waals surface area contributed by atoms with E-state index in [0.29, 0.717) is 55.7 Å². The summed E-state index contributed by atoms with van der Waals surface area (Å²) in [5.41, 5.74) is 7.37. The predicted molar refractivity (Wildman–Crippen MR) is 115 cm³/mol. The first-order valence-corrected chi connectivity index (χ1v) is 9.69. The molecule has 3 aromatic rings. The second-order valence-corrected chi connectivity index (χ2v) is 6.38. The number of carbonyl (C=O) groups is 1. The van der Waals surface area contributed by atoms with Gasteiger partial charge in [-0.3, -0.25) is 9.78 Å². The Labute approximate surface area is 175 Å². The molecule has 0 spiro atoms. The van der Waals surface area contributed by atoms with Gasteiger partial charge in [-0.15, -0.1) is 0 Å². The van der Waals surface area contributed by atoms with Crippen LogP contribution in [0.4, 0.5) is 5.69 Å². The lowest BCUT2D eigenvalue weighted by molar-refractivity contribution is 0.101. The van der Waals surface area contributed by atoms with Gasteiger partial charge >= 0.3 is 0 Å². The maximum absolute atomic E-state index is 12.9. The van der Waals surface area contributed by atoms with Crippen LogP contribution < -0.4 is 20.5 Å². The summed E-state index contributed by atoms with van der Waals surface area (Å²) in [4.78, 5) is 16.9. The van der Waals surface area contributed by atoms with Gasteiger partial charge in [0.05, 0.1) is 30.7 Å². The zero-order valence-electron chi connectivity index (χ0n) is 16.6. The van der Waals surface area contributed by atoms with E-state index in [-0.39, 0.29) is 5.91 Å². The van der Waals surface area contributed by atoms with Crippen LogP contribution in [-0.2, 0) is 11.3 Å². The van der Waals surface area contributed by atoms with Crippen LogP contribution in [0.15, 0.2) is 73.1 Å². The second-order valence-electron chi connectivity index (χ2n) is 6.38. The number of hydrogen-bond acceptors (Lipinski definition) is 6. The van der Waals surface area contributed by atoms with E-state index < -0.39 is 0 Å². The average Bonchev–Trinajstić information content (AvgIpc) is 2.79. The van der Waals surface area contributed by atoms with Gasteiger partial charge in [0.25, 0.3) is 5.91 Å². The fourth-order valence-corrected chi connectivity index (χ4v) is 2.68. The van der Waals surface area contributed by atoms with Crippen LogP contribution in [0.25, 0.3) is 0 Å². The molecule has 0 aliphatic carbocycles. The lowest BCUT2D eigenvalue weighted by atomic mass is 10.1. The van der Waals surface area contributed by atoms with Crippen LogP contribution in [0.2, 0.25) is 0 Å². The molecule has 0 bridgehead atoms. The van der Waals surface area contributed by atoms with Gasteiger partial charge in [0.15, 0.2) is 0 Å². The average molecular weight is 407 g/mol. The molecule has 1 aromatic heterocycles. The van der Waals surface area contributed by atoms with Gasteiger partial charge in [-0.2, -0.15) is 0 Å². The Balaban J connectivity index is 1.73. The maximum Gasteiger partial charge on any atom is 0.259 e. The number of carbonyl (C=O) groups excluding carboxylic acids is 1. The lowest BCUT2D eigenvalue weighted by Gasteiger charge is -2.14. The number of hydrogen-bond donors (Lipinski definition) is 2. The van der Waals surface area contributed by atoms with Crippen molar-refractivity contribution in [3.8, 4) is 11.5 Å². The van der Waals surface area contributed by atoms with Gasteiger partial charge in [0.2, 0.25) is 0 Å². The Morgan fingerprint density at radius 1 is 0.967 bits per heavy atom. The highest BCUT2D eigenvalue weighted by molar-refractivity contribution is 6.06. The van der Waals surface area contributed by atoms with Crippen molar-refractivity contribution < 1.29 is 19.0 Å². The molecule has 0 atom stereocenters. The SMILES string of the molecule is NCCOCCOc1ccc(OCc2ccccc2)c(C(=O)Nc2cccnc2)c1. The lowest BCUT2D eigenvalue weighted by Crippen LogP contribution is -2.15. The fraction of sp³-hybridized carbons (Fsp3) is 0.217. The largest absolute Gasteiger partial charge is 0.491 e. The van der Waals surface area contributed by atoms with E-state index in [9.17, 15) is 4.79 Å². The van der Waals surface area contributed by atoms with E-state index in [4.69, 9.17) is 19.9 Å². The van der Waals surface area contributed by atoms with Crippen molar-refractivity contribution in [2.75, 3.05) is 31.7 Å². The van der Waals surface area contributed by atoms with E-state index in [1.54, 1.807) is 42.7 Å². The van der Waals surface area contributed by atoms with Crippen molar-refractivity contribution >= 4 is 11.6 Å². The van der Waals surface area contributed by atoms with Gasteiger partial charge in [-0.05, 0) is 35.9 Å². The van der Waals surface area contributed by atoms with Crippen molar-refractivity contribution in [2.45, 2.75) is 6.61 Å². The molecule has 0 unspecified atom stereocenters. The van der Waals surface area contributed by atoms with Gasteiger partial charge in [0.1, 0.15) is 24.7 Å². The first kappa shape index (κ1) is 21.3. The highest BCUT2D eigenvalue weighted by Crippen LogP contribution is 2.26. The Hall–Kier alpha value is -3.42. The molecule has 0 saturated carbocycles. The van der Waals surface area contributed by atoms with Crippen LogP contribution >= 0.6 is 0 Å². The molecule has 1 amide bonds. The number of amides is 1. The Morgan fingerprint density at radius 3 is 2.60 bits per heavy atom. The monoisotopic (exact) mass is 407 g/mol. The summed E-state index contributed by atoms with van der Waals surface area (Å²) in [6.07, 6.45) is 3.22. The van der Waals surface area contributed by atoms with Crippen molar-refractivity contribution in [3.05, 3.63) is 84.2 Å². The third kappa shape index (κ3) is 6.58. The first-order valence-electron chi connectivity index (χ1n) is 9.69. The molecular formula is C23H25N3O4. The number of nitrogens with one attached hydrogen (secondary N) is 1. The minimum absolute atomic E-state index is 0.309. The van der Waals surface area contributed by atoms with Gasteiger partial charge in [-0.25, -0.2) is 0 Å². The summed E-state index contributed by atoms with van der Waals surface area (Å²) in [6.45, 7) is 2.07. The third-order valence-corrected chi connectivity index (χ3v) is 4.11. The summed E-state index contributed by atoms with van der Waals surface area (Å²) in [5, 5.41) is 2.83. The molecule has 0 saturated heterocycles. The summed E-state index contributed by atoms with van der Waals surface area (Å²) in [6, 6.07) is 18.4. The standard InChI is InChI=1S/C23H25N3O4/c24-10-12-28-13-14-29-20-8-9-22(30-17-18-5-2-1-3-6-18)21(15-20)23(27)26-19-7-4-11-25-16-19/h1-9,11,15-16H,10,12-14,17,24H2,(H,26,27). The molecule has 3 rings (SSSR count). The van der Waals surface area contributed by atoms with E-state index in [2.05, 4.69) is 10.3 Å². The number of anilines is 1. The summed E-state index contributed by atoms with van der Waals surface area (Å²) in [5.74, 6) is 0.706. The number of aromatic nitrogens is 1. The predicted octanol–water partition coefficient (Wildman–Crippen LogP) is 3.27. The number of pyridine rings is 1. The number of rotatable bonds is 11. The minimum atomic E-state index is -0.309. The van der Waals surface area contributed by atoms with E-state index in [1.807, 2.05) is 30.3 Å². The topological polar surface area (TPSA) is 95.7 Å². The van der Waals surface area contributed by atoms with Crippen LogP contribution in [-0.4, -0.2) is 37.3 Å². The van der Waals surface area contributed by atoms with Crippen molar-refractivity contribution in [2.24, 2.45) is 5.73 Å². The van der Waals surface area contributed by atoms with Crippen molar-refractivity contribution in [3.63, 3.8) is 0 Å². The number of benzene rings is 2. The van der Waals surface area contributed by atoms with E-state index in [0.717, 1.165) is 5.56 Å². The Morgan fingerprint density at radius 2 is 1.83 bits per heavy atom. The fourth-order valence-electron chi connectivity index (χ4n) is 2.68. The highest BCUT2D eigenvalue weighted by Gasteiger charge is 2.15. The smallest absolute Gasteiger partial charge is 0.259 e. The number of ether oxygens (including phenoxy) is 3. The third-order valence-electron chi connectivity index (χ3n) is 4.11. The molecule has 0 fully saturated rings. The van der Waals surface area contributed by atoms with E-state index in [1.165, 1.54) is 0 Å². The van der Waals surface area contributed by atoms with Crippen molar-refractivity contribution in [1.29, 1.82) is 0 Å².